The highest BCUT2D eigenvalue weighted by atomic mass is 32.2. The Kier molecular flexibility index (Phi) is 7.81. The molecule has 0 heterocycles. The van der Waals surface area contributed by atoms with Crippen molar-refractivity contribution in [3.63, 3.8) is 0 Å². The Hall–Kier alpha value is -2.38. The number of carbonyl (C=O) groups is 1. The predicted molar refractivity (Wildman–Crippen MR) is 116 cm³/mol. The van der Waals surface area contributed by atoms with Crippen molar-refractivity contribution >= 4 is 21.6 Å². The summed E-state index contributed by atoms with van der Waals surface area (Å²) in [6.45, 7) is 10.5. The molecule has 2 N–H and O–H groups in total. The maximum Gasteiger partial charge on any atom is 0.262 e. The highest BCUT2D eigenvalue weighted by Crippen LogP contribution is 2.22. The Balaban J connectivity index is 2.13. The summed E-state index contributed by atoms with van der Waals surface area (Å²) in [6.07, 6.45) is 0.843. The molecule has 0 aliphatic rings. The molecule has 7 heteroatoms. The first-order valence-electron chi connectivity index (χ1n) is 9.70. The number of hydrogen-bond acceptors (Lipinski definition) is 4. The minimum atomic E-state index is -3.82. The molecule has 0 atom stereocenters. The van der Waals surface area contributed by atoms with Crippen LogP contribution in [0, 0.1) is 20.8 Å². The van der Waals surface area contributed by atoms with Gasteiger partial charge in [0.2, 0.25) is 0 Å². The second kappa shape index (κ2) is 9.89. The number of hydrogen-bond donors (Lipinski definition) is 2. The monoisotopic (exact) mass is 418 g/mol. The van der Waals surface area contributed by atoms with E-state index in [9.17, 15) is 13.2 Å². The summed E-state index contributed by atoms with van der Waals surface area (Å²) in [5.74, 6) is -0.308. The molecule has 1 amide bonds. The van der Waals surface area contributed by atoms with Crippen LogP contribution in [-0.2, 0) is 14.8 Å². The second-order valence-electron chi connectivity index (χ2n) is 7.49. The molecule has 0 fully saturated rings. The molecule has 6 nitrogen and oxygen atoms in total. The van der Waals surface area contributed by atoms with E-state index < -0.39 is 10.0 Å². The van der Waals surface area contributed by atoms with Crippen LogP contribution in [0.25, 0.3) is 0 Å². The minimum Gasteiger partial charge on any atom is -0.379 e. The van der Waals surface area contributed by atoms with Crippen molar-refractivity contribution in [3.8, 4) is 0 Å². The number of aryl methyl sites for hydroxylation is 3. The van der Waals surface area contributed by atoms with Gasteiger partial charge in [0.05, 0.1) is 11.0 Å². The first-order valence-corrected chi connectivity index (χ1v) is 11.2. The highest BCUT2D eigenvalue weighted by Gasteiger charge is 2.19. The fourth-order valence-corrected chi connectivity index (χ4v) is 4.28. The van der Waals surface area contributed by atoms with Crippen molar-refractivity contribution in [3.05, 3.63) is 58.7 Å². The molecule has 0 radical (unpaired) electrons. The van der Waals surface area contributed by atoms with E-state index >= 15 is 0 Å². The van der Waals surface area contributed by atoms with Crippen LogP contribution in [0.1, 0.15) is 47.3 Å². The number of ether oxygens (including phenoxy) is 1. The van der Waals surface area contributed by atoms with Gasteiger partial charge in [-0.3, -0.25) is 9.52 Å². The van der Waals surface area contributed by atoms with Crippen LogP contribution in [0.5, 0.6) is 0 Å². The van der Waals surface area contributed by atoms with Gasteiger partial charge in [0.1, 0.15) is 0 Å². The first kappa shape index (κ1) is 22.9. The fourth-order valence-electron chi connectivity index (χ4n) is 2.97. The molecule has 158 valence electrons. The van der Waals surface area contributed by atoms with Crippen LogP contribution in [0.4, 0.5) is 5.69 Å². The van der Waals surface area contributed by atoms with Gasteiger partial charge < -0.3 is 10.1 Å². The van der Waals surface area contributed by atoms with Gasteiger partial charge in [-0.25, -0.2) is 8.42 Å². The molecule has 0 saturated carbocycles. The number of carbonyl (C=O) groups excluding carboxylic acids is 1. The van der Waals surface area contributed by atoms with Crippen LogP contribution in [-0.4, -0.2) is 33.6 Å². The van der Waals surface area contributed by atoms with Crippen LogP contribution in [0.2, 0.25) is 0 Å². The summed E-state index contributed by atoms with van der Waals surface area (Å²) in [5.41, 5.74) is 3.31. The number of rotatable bonds is 9. The van der Waals surface area contributed by atoms with Crippen molar-refractivity contribution in [1.82, 2.24) is 5.32 Å². The van der Waals surface area contributed by atoms with Gasteiger partial charge in [-0.1, -0.05) is 12.1 Å². The normalized spacial score (nSPS) is 11.5. The molecule has 0 unspecified atom stereocenters. The maximum atomic E-state index is 12.9. The van der Waals surface area contributed by atoms with Crippen LogP contribution in [0.3, 0.4) is 0 Å². The van der Waals surface area contributed by atoms with Gasteiger partial charge in [0.15, 0.2) is 0 Å². The summed E-state index contributed by atoms with van der Waals surface area (Å²) >= 11 is 0. The van der Waals surface area contributed by atoms with Gasteiger partial charge in [-0.2, -0.15) is 0 Å². The Labute approximate surface area is 173 Å². The summed E-state index contributed by atoms with van der Waals surface area (Å²) < 4.78 is 33.9. The lowest BCUT2D eigenvalue weighted by Gasteiger charge is -2.13. The van der Waals surface area contributed by atoms with E-state index in [1.165, 1.54) is 6.07 Å². The lowest BCUT2D eigenvalue weighted by Crippen LogP contribution is -2.26. The zero-order chi connectivity index (χ0) is 21.6. The summed E-state index contributed by atoms with van der Waals surface area (Å²) in [7, 11) is -3.82. The van der Waals surface area contributed by atoms with Crippen LogP contribution >= 0.6 is 0 Å². The van der Waals surface area contributed by atoms with Crippen LogP contribution in [0.15, 0.2) is 41.3 Å². The molecule has 2 aromatic carbocycles. The minimum absolute atomic E-state index is 0.0902. The Morgan fingerprint density at radius 1 is 1.03 bits per heavy atom. The number of anilines is 1. The third-order valence-corrected chi connectivity index (χ3v) is 5.79. The summed E-state index contributed by atoms with van der Waals surface area (Å²) in [5, 5.41) is 2.80. The zero-order valence-electron chi connectivity index (χ0n) is 17.7. The number of benzene rings is 2. The quantitative estimate of drug-likeness (QED) is 0.604. The third-order valence-electron chi connectivity index (χ3n) is 4.27. The number of amides is 1. The van der Waals surface area contributed by atoms with Gasteiger partial charge in [0, 0.05) is 24.4 Å². The lowest BCUT2D eigenvalue weighted by atomic mass is 10.1. The van der Waals surface area contributed by atoms with Crippen molar-refractivity contribution in [2.24, 2.45) is 0 Å². The number of nitrogens with one attached hydrogen (secondary N) is 2. The largest absolute Gasteiger partial charge is 0.379 e. The van der Waals surface area contributed by atoms with Gasteiger partial charge >= 0.3 is 0 Å². The Morgan fingerprint density at radius 2 is 1.69 bits per heavy atom. The standard InChI is InChI=1S/C22H30N2O4S/c1-15(2)28-10-6-9-23-22(25)19-8-7-18(5)21(14-19)29(26,27)24-20-12-16(3)11-17(4)13-20/h7-8,11-15,24H,6,9-10H2,1-5H3,(H,23,25). The predicted octanol–water partition coefficient (Wildman–Crippen LogP) is 3.96. The second-order valence-corrected chi connectivity index (χ2v) is 9.14. The van der Waals surface area contributed by atoms with E-state index in [0.29, 0.717) is 36.4 Å². The lowest BCUT2D eigenvalue weighted by molar-refractivity contribution is 0.0757. The topological polar surface area (TPSA) is 84.5 Å². The van der Waals surface area contributed by atoms with E-state index in [0.717, 1.165) is 11.1 Å². The third kappa shape index (κ3) is 6.87. The highest BCUT2D eigenvalue weighted by molar-refractivity contribution is 7.92. The molecule has 2 rings (SSSR count). The van der Waals surface area contributed by atoms with Crippen LogP contribution < -0.4 is 10.0 Å². The molecule has 0 aliphatic heterocycles. The van der Waals surface area contributed by atoms with Crippen molar-refractivity contribution < 1.29 is 17.9 Å². The van der Waals surface area contributed by atoms with Gasteiger partial charge in [-0.05, 0) is 82.0 Å². The van der Waals surface area contributed by atoms with E-state index in [1.54, 1.807) is 31.2 Å². The molecule has 0 saturated heterocycles. The van der Waals surface area contributed by atoms with E-state index in [2.05, 4.69) is 10.0 Å². The molecule has 0 bridgehead atoms. The smallest absolute Gasteiger partial charge is 0.262 e. The fraction of sp³-hybridized carbons (Fsp3) is 0.409. The first-order chi connectivity index (χ1) is 13.6. The molecule has 2 aromatic rings. The van der Waals surface area contributed by atoms with E-state index in [1.807, 2.05) is 33.8 Å². The summed E-state index contributed by atoms with van der Waals surface area (Å²) in [4.78, 5) is 12.5. The Morgan fingerprint density at radius 3 is 2.31 bits per heavy atom. The number of sulfonamides is 1. The Bertz CT molecular complexity index is 949. The maximum absolute atomic E-state index is 12.9. The SMILES string of the molecule is Cc1cc(C)cc(NS(=O)(=O)c2cc(C(=O)NCCCOC(C)C)ccc2C)c1. The average molecular weight is 419 g/mol. The van der Waals surface area contributed by atoms with Crippen molar-refractivity contribution in [2.45, 2.75) is 52.0 Å². The molecular formula is C22H30N2O4S. The van der Waals surface area contributed by atoms with Gasteiger partial charge in [-0.15, -0.1) is 0 Å². The molecule has 0 spiro atoms. The molecule has 0 aliphatic carbocycles. The van der Waals surface area contributed by atoms with Crippen molar-refractivity contribution in [2.75, 3.05) is 17.9 Å². The van der Waals surface area contributed by atoms with E-state index in [-0.39, 0.29) is 16.9 Å². The summed E-state index contributed by atoms with van der Waals surface area (Å²) in [6, 6.07) is 10.2. The zero-order valence-corrected chi connectivity index (χ0v) is 18.5. The molecular weight excluding hydrogens is 388 g/mol. The average Bonchev–Trinajstić information content (AvgIpc) is 2.59. The molecule has 29 heavy (non-hydrogen) atoms. The molecule has 0 aromatic heterocycles. The van der Waals surface area contributed by atoms with E-state index in [4.69, 9.17) is 4.74 Å². The van der Waals surface area contributed by atoms with Crippen molar-refractivity contribution in [1.29, 1.82) is 0 Å². The van der Waals surface area contributed by atoms with Gasteiger partial charge in [0.25, 0.3) is 15.9 Å².